The Morgan fingerprint density at radius 3 is 2.56 bits per heavy atom. The van der Waals surface area contributed by atoms with E-state index in [9.17, 15) is 14.9 Å². The van der Waals surface area contributed by atoms with Gasteiger partial charge in [-0.05, 0) is 42.8 Å². The maximum absolute atomic E-state index is 11.8. The van der Waals surface area contributed by atoms with Crippen molar-refractivity contribution >= 4 is 46.6 Å². The van der Waals surface area contributed by atoms with Gasteiger partial charge < -0.3 is 9.57 Å². The van der Waals surface area contributed by atoms with Crippen LogP contribution in [0.25, 0.3) is 6.08 Å². The van der Waals surface area contributed by atoms with Crippen LogP contribution >= 0.6 is 23.2 Å². The molecule has 0 amide bonds. The number of halogens is 2. The molecule has 0 spiro atoms. The zero-order valence-corrected chi connectivity index (χ0v) is 15.5. The molecule has 27 heavy (non-hydrogen) atoms. The summed E-state index contributed by atoms with van der Waals surface area (Å²) in [5, 5.41) is 15.0. The molecule has 7 nitrogen and oxygen atoms in total. The first-order chi connectivity index (χ1) is 12.8. The van der Waals surface area contributed by atoms with Crippen LogP contribution in [-0.4, -0.2) is 16.6 Å². The number of nitro benzene ring substituents is 1. The van der Waals surface area contributed by atoms with Crippen molar-refractivity contribution in [1.82, 2.24) is 0 Å². The van der Waals surface area contributed by atoms with Gasteiger partial charge in [-0.3, -0.25) is 10.1 Å². The van der Waals surface area contributed by atoms with E-state index < -0.39 is 10.9 Å². The predicted molar refractivity (Wildman–Crippen MR) is 101 cm³/mol. The molecule has 0 radical (unpaired) electrons. The highest BCUT2D eigenvalue weighted by Gasteiger charge is 2.23. The average Bonchev–Trinajstić information content (AvgIpc) is 2.93. The summed E-state index contributed by atoms with van der Waals surface area (Å²) >= 11 is 12.3. The number of benzene rings is 2. The van der Waals surface area contributed by atoms with Crippen molar-refractivity contribution in [2.75, 3.05) is 0 Å². The third kappa shape index (κ3) is 4.27. The van der Waals surface area contributed by atoms with Gasteiger partial charge >= 0.3 is 5.97 Å². The van der Waals surface area contributed by atoms with E-state index >= 15 is 0 Å². The van der Waals surface area contributed by atoms with Gasteiger partial charge in [0.05, 0.1) is 21.2 Å². The fraction of sp³-hybridized carbons (Fsp3) is 0.111. The molecule has 0 aliphatic carbocycles. The molecule has 0 saturated carbocycles. The van der Waals surface area contributed by atoms with Crippen LogP contribution in [0.4, 0.5) is 5.69 Å². The lowest BCUT2D eigenvalue weighted by atomic mass is 10.1. The minimum absolute atomic E-state index is 0.0109. The second kappa shape index (κ2) is 7.77. The summed E-state index contributed by atoms with van der Waals surface area (Å²) in [7, 11) is 0. The van der Waals surface area contributed by atoms with Gasteiger partial charge in [0.2, 0.25) is 0 Å². The van der Waals surface area contributed by atoms with Gasteiger partial charge in [-0.2, -0.15) is 0 Å². The SMILES string of the molecule is CC1=NOC(=O)/C1=C\c1cc(Cl)cc(Cl)c1OCc1ccc([N+](=O)[O-])cc1. The number of carbonyl (C=O) groups excluding carboxylic acids is 1. The summed E-state index contributed by atoms with van der Waals surface area (Å²) in [4.78, 5) is 26.6. The molecule has 2 aromatic carbocycles. The summed E-state index contributed by atoms with van der Waals surface area (Å²) in [6, 6.07) is 9.07. The number of rotatable bonds is 5. The van der Waals surface area contributed by atoms with Crippen molar-refractivity contribution in [2.24, 2.45) is 5.16 Å². The van der Waals surface area contributed by atoms with Crippen molar-refractivity contribution in [3.63, 3.8) is 0 Å². The zero-order valence-electron chi connectivity index (χ0n) is 13.9. The van der Waals surface area contributed by atoms with E-state index in [4.69, 9.17) is 27.9 Å². The normalized spacial score (nSPS) is 14.9. The lowest BCUT2D eigenvalue weighted by Crippen LogP contribution is -2.03. The van der Waals surface area contributed by atoms with E-state index in [-0.39, 0.29) is 22.9 Å². The van der Waals surface area contributed by atoms with Crippen LogP contribution in [-0.2, 0) is 16.2 Å². The number of ether oxygens (including phenoxy) is 1. The van der Waals surface area contributed by atoms with Crippen LogP contribution in [0.15, 0.2) is 47.1 Å². The summed E-state index contributed by atoms with van der Waals surface area (Å²) < 4.78 is 5.79. The van der Waals surface area contributed by atoms with Crippen LogP contribution in [0, 0.1) is 10.1 Å². The van der Waals surface area contributed by atoms with Crippen molar-refractivity contribution < 1.29 is 19.3 Å². The van der Waals surface area contributed by atoms with E-state index in [1.165, 1.54) is 24.3 Å². The minimum Gasteiger partial charge on any atom is -0.487 e. The lowest BCUT2D eigenvalue weighted by molar-refractivity contribution is -0.384. The maximum Gasteiger partial charge on any atom is 0.367 e. The molecule has 0 atom stereocenters. The Balaban J connectivity index is 1.89. The molecule has 0 saturated heterocycles. The number of non-ortho nitro benzene ring substituents is 1. The first-order valence-electron chi connectivity index (χ1n) is 7.68. The Morgan fingerprint density at radius 1 is 1.26 bits per heavy atom. The van der Waals surface area contributed by atoms with Crippen LogP contribution in [0.2, 0.25) is 10.0 Å². The van der Waals surface area contributed by atoms with E-state index in [0.29, 0.717) is 27.6 Å². The minimum atomic E-state index is -0.579. The first-order valence-corrected chi connectivity index (χ1v) is 8.44. The number of nitro groups is 1. The molecule has 1 aliphatic heterocycles. The van der Waals surface area contributed by atoms with Crippen molar-refractivity contribution in [2.45, 2.75) is 13.5 Å². The number of nitrogens with zero attached hydrogens (tertiary/aromatic N) is 2. The quantitative estimate of drug-likeness (QED) is 0.307. The molecule has 0 aromatic heterocycles. The molecular formula is C18H12Cl2N2O5. The second-order valence-electron chi connectivity index (χ2n) is 5.63. The monoisotopic (exact) mass is 406 g/mol. The molecule has 0 unspecified atom stereocenters. The molecule has 9 heteroatoms. The number of hydrogen-bond acceptors (Lipinski definition) is 6. The van der Waals surface area contributed by atoms with Gasteiger partial charge in [-0.25, -0.2) is 4.79 Å². The van der Waals surface area contributed by atoms with Crippen LogP contribution in [0.3, 0.4) is 0 Å². The van der Waals surface area contributed by atoms with E-state index in [0.717, 1.165) is 0 Å². The maximum atomic E-state index is 11.8. The summed E-state index contributed by atoms with van der Waals surface area (Å²) in [6.07, 6.45) is 1.54. The molecule has 3 rings (SSSR count). The van der Waals surface area contributed by atoms with Crippen molar-refractivity contribution in [1.29, 1.82) is 0 Å². The van der Waals surface area contributed by atoms with Crippen molar-refractivity contribution in [3.8, 4) is 5.75 Å². The molecule has 2 aromatic rings. The number of carbonyl (C=O) groups is 1. The van der Waals surface area contributed by atoms with Gasteiger partial charge in [0.25, 0.3) is 5.69 Å². The smallest absolute Gasteiger partial charge is 0.367 e. The Hall–Kier alpha value is -2.90. The fourth-order valence-corrected chi connectivity index (χ4v) is 2.95. The van der Waals surface area contributed by atoms with Gasteiger partial charge in [-0.15, -0.1) is 0 Å². The Kier molecular flexibility index (Phi) is 5.43. The summed E-state index contributed by atoms with van der Waals surface area (Å²) in [5.74, 6) is -0.260. The van der Waals surface area contributed by atoms with Crippen LogP contribution in [0.1, 0.15) is 18.1 Å². The largest absolute Gasteiger partial charge is 0.487 e. The van der Waals surface area contributed by atoms with E-state index in [2.05, 4.69) is 9.99 Å². The Bertz CT molecular complexity index is 984. The highest BCUT2D eigenvalue weighted by atomic mass is 35.5. The Labute approximate surface area is 163 Å². The summed E-state index contributed by atoms with van der Waals surface area (Å²) in [5.41, 5.74) is 1.88. The molecule has 138 valence electrons. The van der Waals surface area contributed by atoms with Gasteiger partial charge in [0.1, 0.15) is 12.4 Å². The zero-order chi connectivity index (χ0) is 19.6. The van der Waals surface area contributed by atoms with Gasteiger partial charge in [0, 0.05) is 22.7 Å². The topological polar surface area (TPSA) is 91.0 Å². The Morgan fingerprint density at radius 2 is 1.96 bits per heavy atom. The lowest BCUT2D eigenvalue weighted by Gasteiger charge is -2.12. The highest BCUT2D eigenvalue weighted by molar-refractivity contribution is 6.36. The van der Waals surface area contributed by atoms with Crippen LogP contribution < -0.4 is 4.74 Å². The first kappa shape index (κ1) is 18.9. The molecule has 1 aliphatic rings. The summed E-state index contributed by atoms with van der Waals surface area (Å²) in [6.45, 7) is 1.76. The number of hydrogen-bond donors (Lipinski definition) is 0. The van der Waals surface area contributed by atoms with Crippen LogP contribution in [0.5, 0.6) is 5.75 Å². The standard InChI is InChI=1S/C18H12Cl2N2O5/c1-10-15(18(23)27-21-10)7-12-6-13(19)8-16(20)17(12)26-9-11-2-4-14(5-3-11)22(24)25/h2-8H,9H2,1H3/b15-7-. The van der Waals surface area contributed by atoms with Gasteiger partial charge in [-0.1, -0.05) is 28.4 Å². The van der Waals surface area contributed by atoms with Crippen molar-refractivity contribution in [3.05, 3.63) is 73.3 Å². The molecule has 0 fully saturated rings. The van der Waals surface area contributed by atoms with E-state index in [1.54, 1.807) is 25.1 Å². The molecule has 0 N–H and O–H groups in total. The predicted octanol–water partition coefficient (Wildman–Crippen LogP) is 4.80. The highest BCUT2D eigenvalue weighted by Crippen LogP contribution is 2.35. The third-order valence-electron chi connectivity index (χ3n) is 3.74. The van der Waals surface area contributed by atoms with Gasteiger partial charge in [0.15, 0.2) is 0 Å². The van der Waals surface area contributed by atoms with E-state index in [1.807, 2.05) is 0 Å². The molecule has 1 heterocycles. The number of oxime groups is 1. The molecular weight excluding hydrogens is 395 g/mol. The average molecular weight is 407 g/mol. The third-order valence-corrected chi connectivity index (χ3v) is 4.24. The molecule has 0 bridgehead atoms. The fourth-order valence-electron chi connectivity index (χ4n) is 2.38. The second-order valence-corrected chi connectivity index (χ2v) is 6.48.